The van der Waals surface area contributed by atoms with E-state index < -0.39 is 0 Å². The molecule has 1 heterocycles. The standard InChI is InChI=1S/C17H33N3/c1-2-3-4-5-6-7-8-9-10-11-12-17-19-14-16-20(17)15-13-18/h4-5,14,17H,2-3,6-13,15-16,18H2,1H3/b5-4+. The summed E-state index contributed by atoms with van der Waals surface area (Å²) in [6, 6.07) is 0. The lowest BCUT2D eigenvalue weighted by Gasteiger charge is -2.21. The van der Waals surface area contributed by atoms with E-state index in [1.54, 1.807) is 0 Å². The van der Waals surface area contributed by atoms with Crippen molar-refractivity contribution < 1.29 is 0 Å². The zero-order chi connectivity index (χ0) is 14.5. The van der Waals surface area contributed by atoms with Gasteiger partial charge in [-0.15, -0.1) is 0 Å². The number of nitrogens with zero attached hydrogens (tertiary/aromatic N) is 2. The first kappa shape index (κ1) is 17.4. The van der Waals surface area contributed by atoms with Gasteiger partial charge in [-0.3, -0.25) is 9.89 Å². The van der Waals surface area contributed by atoms with Crippen molar-refractivity contribution in [2.24, 2.45) is 10.7 Å². The summed E-state index contributed by atoms with van der Waals surface area (Å²) in [5.74, 6) is 0. The molecule has 20 heavy (non-hydrogen) atoms. The van der Waals surface area contributed by atoms with Gasteiger partial charge in [0.05, 0.1) is 0 Å². The van der Waals surface area contributed by atoms with E-state index in [9.17, 15) is 0 Å². The topological polar surface area (TPSA) is 41.6 Å². The second kappa shape index (κ2) is 12.1. The molecular weight excluding hydrogens is 246 g/mol. The van der Waals surface area contributed by atoms with Crippen molar-refractivity contribution in [3.8, 4) is 0 Å². The van der Waals surface area contributed by atoms with Crippen LogP contribution in [0.1, 0.15) is 64.7 Å². The maximum atomic E-state index is 5.62. The number of unbranched alkanes of at least 4 members (excludes halogenated alkanes) is 6. The third kappa shape index (κ3) is 7.81. The number of allylic oxidation sites excluding steroid dienone is 2. The molecule has 3 heteroatoms. The molecule has 116 valence electrons. The molecule has 1 unspecified atom stereocenters. The van der Waals surface area contributed by atoms with Gasteiger partial charge < -0.3 is 5.73 Å². The highest BCUT2D eigenvalue weighted by Crippen LogP contribution is 2.15. The Morgan fingerprint density at radius 3 is 2.70 bits per heavy atom. The minimum atomic E-state index is 0.413. The Kier molecular flexibility index (Phi) is 10.5. The molecular formula is C17H33N3. The first-order valence-corrected chi connectivity index (χ1v) is 8.49. The molecule has 1 rings (SSSR count). The number of rotatable bonds is 12. The molecule has 1 aliphatic heterocycles. The molecule has 0 aromatic heterocycles. The summed E-state index contributed by atoms with van der Waals surface area (Å²) in [5.41, 5.74) is 5.62. The number of hydrogen-bond donors (Lipinski definition) is 1. The summed E-state index contributed by atoms with van der Waals surface area (Å²) in [6.45, 7) is 4.94. The molecule has 0 aliphatic carbocycles. The second-order valence-corrected chi connectivity index (χ2v) is 5.70. The summed E-state index contributed by atoms with van der Waals surface area (Å²) < 4.78 is 0. The van der Waals surface area contributed by atoms with Gasteiger partial charge in [0.25, 0.3) is 0 Å². The Morgan fingerprint density at radius 2 is 1.90 bits per heavy atom. The molecule has 0 saturated heterocycles. The molecule has 0 fully saturated rings. The van der Waals surface area contributed by atoms with E-state index in [4.69, 9.17) is 5.73 Å². The van der Waals surface area contributed by atoms with Crippen molar-refractivity contribution in [2.75, 3.05) is 19.6 Å². The number of hydrogen-bond acceptors (Lipinski definition) is 3. The molecule has 0 radical (unpaired) electrons. The minimum Gasteiger partial charge on any atom is -0.329 e. The molecule has 0 saturated carbocycles. The van der Waals surface area contributed by atoms with Gasteiger partial charge >= 0.3 is 0 Å². The first-order valence-electron chi connectivity index (χ1n) is 8.49. The van der Waals surface area contributed by atoms with E-state index in [0.29, 0.717) is 6.17 Å². The van der Waals surface area contributed by atoms with Crippen LogP contribution in [0.3, 0.4) is 0 Å². The summed E-state index contributed by atoms with van der Waals surface area (Å²) in [6.07, 6.45) is 18.8. The van der Waals surface area contributed by atoms with E-state index in [-0.39, 0.29) is 0 Å². The zero-order valence-corrected chi connectivity index (χ0v) is 13.3. The van der Waals surface area contributed by atoms with Crippen LogP contribution in [0.5, 0.6) is 0 Å². The van der Waals surface area contributed by atoms with Crippen LogP contribution in [-0.4, -0.2) is 36.9 Å². The van der Waals surface area contributed by atoms with Crippen LogP contribution in [0.2, 0.25) is 0 Å². The SMILES string of the molecule is CCC/C=C/CCCCCCCC1N=CCN1CCN. The van der Waals surface area contributed by atoms with Crippen molar-refractivity contribution in [3.63, 3.8) is 0 Å². The van der Waals surface area contributed by atoms with Gasteiger partial charge in [-0.05, 0) is 32.1 Å². The first-order chi connectivity index (χ1) is 9.88. The van der Waals surface area contributed by atoms with Crippen LogP contribution in [0.15, 0.2) is 17.1 Å². The number of nitrogens with two attached hydrogens (primary N) is 1. The minimum absolute atomic E-state index is 0.413. The quantitative estimate of drug-likeness (QED) is 0.437. The molecule has 0 aromatic carbocycles. The highest BCUT2D eigenvalue weighted by molar-refractivity contribution is 5.62. The largest absolute Gasteiger partial charge is 0.329 e. The molecule has 0 spiro atoms. The maximum absolute atomic E-state index is 5.62. The lowest BCUT2D eigenvalue weighted by Crippen LogP contribution is -2.34. The molecule has 0 aromatic rings. The summed E-state index contributed by atoms with van der Waals surface area (Å²) >= 11 is 0. The van der Waals surface area contributed by atoms with E-state index in [0.717, 1.165) is 19.6 Å². The Hall–Kier alpha value is -0.670. The van der Waals surface area contributed by atoms with E-state index in [1.807, 2.05) is 6.21 Å². The predicted octanol–water partition coefficient (Wildman–Crippen LogP) is 3.74. The third-order valence-corrected chi connectivity index (χ3v) is 3.89. The average molecular weight is 279 g/mol. The van der Waals surface area contributed by atoms with Gasteiger partial charge in [0.15, 0.2) is 0 Å². The lowest BCUT2D eigenvalue weighted by atomic mass is 10.1. The highest BCUT2D eigenvalue weighted by atomic mass is 15.3. The van der Waals surface area contributed by atoms with Gasteiger partial charge in [0.2, 0.25) is 0 Å². The predicted molar refractivity (Wildman–Crippen MR) is 89.3 cm³/mol. The Balaban J connectivity index is 1.90. The van der Waals surface area contributed by atoms with Gasteiger partial charge in [0, 0.05) is 25.8 Å². The fraction of sp³-hybridized carbons (Fsp3) is 0.824. The molecule has 3 nitrogen and oxygen atoms in total. The van der Waals surface area contributed by atoms with Gasteiger partial charge in [-0.1, -0.05) is 44.8 Å². The van der Waals surface area contributed by atoms with Gasteiger partial charge in [-0.2, -0.15) is 0 Å². The van der Waals surface area contributed by atoms with Crippen LogP contribution < -0.4 is 5.73 Å². The van der Waals surface area contributed by atoms with Crippen molar-refractivity contribution >= 4 is 6.21 Å². The Bertz CT molecular complexity index is 273. The van der Waals surface area contributed by atoms with Crippen molar-refractivity contribution in [2.45, 2.75) is 70.9 Å². The van der Waals surface area contributed by atoms with E-state index in [2.05, 4.69) is 29.0 Å². The molecule has 1 aliphatic rings. The fourth-order valence-corrected chi connectivity index (χ4v) is 2.67. The van der Waals surface area contributed by atoms with Crippen LogP contribution in [0.25, 0.3) is 0 Å². The Labute approximate surface area is 125 Å². The fourth-order valence-electron chi connectivity index (χ4n) is 2.67. The van der Waals surface area contributed by atoms with Crippen LogP contribution in [-0.2, 0) is 0 Å². The lowest BCUT2D eigenvalue weighted by molar-refractivity contribution is 0.241. The van der Waals surface area contributed by atoms with Crippen molar-refractivity contribution in [3.05, 3.63) is 12.2 Å². The van der Waals surface area contributed by atoms with Gasteiger partial charge in [0.1, 0.15) is 6.17 Å². The molecule has 2 N–H and O–H groups in total. The zero-order valence-electron chi connectivity index (χ0n) is 13.3. The molecule has 0 amide bonds. The number of aliphatic imine (C=N–C) groups is 1. The van der Waals surface area contributed by atoms with Crippen LogP contribution >= 0.6 is 0 Å². The highest BCUT2D eigenvalue weighted by Gasteiger charge is 2.18. The van der Waals surface area contributed by atoms with E-state index >= 15 is 0 Å². The maximum Gasteiger partial charge on any atom is 0.102 e. The van der Waals surface area contributed by atoms with Crippen LogP contribution in [0.4, 0.5) is 0 Å². The monoisotopic (exact) mass is 279 g/mol. The van der Waals surface area contributed by atoms with Gasteiger partial charge in [-0.25, -0.2) is 0 Å². The summed E-state index contributed by atoms with van der Waals surface area (Å²) in [5, 5.41) is 0. The summed E-state index contributed by atoms with van der Waals surface area (Å²) in [7, 11) is 0. The smallest absolute Gasteiger partial charge is 0.102 e. The van der Waals surface area contributed by atoms with E-state index in [1.165, 1.54) is 57.8 Å². The normalized spacial score (nSPS) is 19.4. The third-order valence-electron chi connectivity index (χ3n) is 3.89. The summed E-state index contributed by atoms with van der Waals surface area (Å²) in [4.78, 5) is 6.94. The molecule has 0 bridgehead atoms. The molecule has 1 atom stereocenters. The average Bonchev–Trinajstić information content (AvgIpc) is 2.89. The van der Waals surface area contributed by atoms with Crippen molar-refractivity contribution in [1.29, 1.82) is 0 Å². The van der Waals surface area contributed by atoms with Crippen LogP contribution in [0, 0.1) is 0 Å². The second-order valence-electron chi connectivity index (χ2n) is 5.70. The van der Waals surface area contributed by atoms with Crippen molar-refractivity contribution in [1.82, 2.24) is 4.90 Å². The Morgan fingerprint density at radius 1 is 1.15 bits per heavy atom.